The fraction of sp³-hybridized carbons (Fsp3) is 0.250. The van der Waals surface area contributed by atoms with Crippen molar-refractivity contribution in [1.29, 1.82) is 0 Å². The predicted molar refractivity (Wildman–Crippen MR) is 107 cm³/mol. The molecular weight excluding hydrogens is 410 g/mol. The average molecular weight is 429 g/mol. The maximum absolute atomic E-state index is 12.7. The summed E-state index contributed by atoms with van der Waals surface area (Å²) in [5.74, 6) is 2.33. The molecule has 10 heteroatoms. The van der Waals surface area contributed by atoms with E-state index in [-0.39, 0.29) is 11.0 Å². The summed E-state index contributed by atoms with van der Waals surface area (Å²) in [7, 11) is -3.80. The highest BCUT2D eigenvalue weighted by atomic mass is 32.2. The Kier molecular flexibility index (Phi) is 4.62. The molecule has 1 atom stereocenters. The molecular formula is C20H19N3O6S. The Bertz CT molecular complexity index is 1180. The predicted octanol–water partition coefficient (Wildman–Crippen LogP) is 2.30. The highest BCUT2D eigenvalue weighted by molar-refractivity contribution is 7.92. The molecule has 2 aliphatic heterocycles. The maximum Gasteiger partial charge on any atom is 0.262 e. The largest absolute Gasteiger partial charge is 0.486 e. The smallest absolute Gasteiger partial charge is 0.262 e. The van der Waals surface area contributed by atoms with Crippen LogP contribution in [0.25, 0.3) is 0 Å². The number of hydrogen-bond donors (Lipinski definition) is 1. The number of anilines is 1. The lowest BCUT2D eigenvalue weighted by Crippen LogP contribution is -2.33. The second-order valence-electron chi connectivity index (χ2n) is 6.86. The van der Waals surface area contributed by atoms with Crippen molar-refractivity contribution in [1.82, 2.24) is 9.78 Å². The topological polar surface area (TPSA) is 101 Å². The molecule has 0 amide bonds. The minimum atomic E-state index is -3.80. The van der Waals surface area contributed by atoms with Gasteiger partial charge >= 0.3 is 0 Å². The lowest BCUT2D eigenvalue weighted by Gasteiger charge is -2.26. The zero-order valence-electron chi connectivity index (χ0n) is 15.9. The quantitative estimate of drug-likeness (QED) is 0.664. The Balaban J connectivity index is 1.27. The number of sulfonamides is 1. The molecule has 0 radical (unpaired) electrons. The van der Waals surface area contributed by atoms with Gasteiger partial charge < -0.3 is 18.9 Å². The first-order valence-corrected chi connectivity index (χ1v) is 10.9. The second kappa shape index (κ2) is 7.45. The first-order valence-electron chi connectivity index (χ1n) is 9.40. The van der Waals surface area contributed by atoms with E-state index in [0.29, 0.717) is 55.1 Å². The highest BCUT2D eigenvalue weighted by Gasteiger charge is 2.23. The summed E-state index contributed by atoms with van der Waals surface area (Å²) in [6, 6.07) is 12.0. The number of nitrogens with one attached hydrogen (secondary N) is 1. The third kappa shape index (κ3) is 3.73. The van der Waals surface area contributed by atoms with Gasteiger partial charge in [-0.15, -0.1) is 0 Å². The zero-order valence-corrected chi connectivity index (χ0v) is 16.7. The van der Waals surface area contributed by atoms with Crippen molar-refractivity contribution in [3.63, 3.8) is 0 Å². The maximum atomic E-state index is 12.7. The first kappa shape index (κ1) is 18.6. The van der Waals surface area contributed by atoms with E-state index in [4.69, 9.17) is 18.9 Å². The molecule has 0 aliphatic carbocycles. The molecule has 3 heterocycles. The lowest BCUT2D eigenvalue weighted by molar-refractivity contribution is 0.0759. The van der Waals surface area contributed by atoms with E-state index in [1.54, 1.807) is 16.9 Å². The van der Waals surface area contributed by atoms with Crippen molar-refractivity contribution in [2.45, 2.75) is 17.5 Å². The van der Waals surface area contributed by atoms with Gasteiger partial charge in [-0.1, -0.05) is 12.1 Å². The molecule has 9 nitrogen and oxygen atoms in total. The number of nitrogens with zero attached hydrogens (tertiary/aromatic N) is 2. The third-order valence-corrected chi connectivity index (χ3v) is 6.05. The Morgan fingerprint density at radius 1 is 1.00 bits per heavy atom. The van der Waals surface area contributed by atoms with Crippen LogP contribution in [0.3, 0.4) is 0 Å². The molecule has 1 N–H and O–H groups in total. The zero-order chi connectivity index (χ0) is 20.6. The van der Waals surface area contributed by atoms with Crippen LogP contribution < -0.4 is 23.7 Å². The van der Waals surface area contributed by atoms with Crippen molar-refractivity contribution in [2.75, 3.05) is 24.5 Å². The van der Waals surface area contributed by atoms with Gasteiger partial charge in [0, 0.05) is 12.3 Å². The van der Waals surface area contributed by atoms with Gasteiger partial charge in [-0.05, 0) is 24.3 Å². The lowest BCUT2D eigenvalue weighted by atomic mass is 10.2. The van der Waals surface area contributed by atoms with Gasteiger partial charge in [-0.3, -0.25) is 9.40 Å². The molecule has 1 unspecified atom stereocenters. The number of rotatable bonds is 5. The van der Waals surface area contributed by atoms with Crippen molar-refractivity contribution in [3.8, 4) is 23.0 Å². The summed E-state index contributed by atoms with van der Waals surface area (Å²) < 4.78 is 52.1. The van der Waals surface area contributed by atoms with E-state index in [9.17, 15) is 8.42 Å². The molecule has 2 aromatic carbocycles. The molecule has 3 aromatic rings. The van der Waals surface area contributed by atoms with Gasteiger partial charge in [0.1, 0.15) is 19.8 Å². The highest BCUT2D eigenvalue weighted by Crippen LogP contribution is 2.33. The normalized spacial score (nSPS) is 17.4. The number of para-hydroxylation sites is 2. The molecule has 5 rings (SSSR count). The molecule has 0 spiro atoms. The van der Waals surface area contributed by atoms with Crippen LogP contribution >= 0.6 is 0 Å². The molecule has 0 saturated heterocycles. The van der Waals surface area contributed by atoms with Crippen LogP contribution in [0.5, 0.6) is 23.0 Å². The number of hydrogen-bond acceptors (Lipinski definition) is 7. The van der Waals surface area contributed by atoms with Crippen molar-refractivity contribution in [2.24, 2.45) is 0 Å². The number of aromatic nitrogens is 2. The van der Waals surface area contributed by atoms with E-state index >= 15 is 0 Å². The Morgan fingerprint density at radius 2 is 1.77 bits per heavy atom. The standard InChI is InChI=1S/C20H19N3O6S/c24-30(25,16-5-6-18-20(9-16)27-8-7-26-18)22-14-10-21-23(11-14)12-15-13-28-17-3-1-2-4-19(17)29-15/h1-6,9-11,15,22H,7-8,12-13H2. The monoisotopic (exact) mass is 429 g/mol. The van der Waals surface area contributed by atoms with Crippen LogP contribution in [-0.2, 0) is 16.6 Å². The molecule has 156 valence electrons. The Labute approximate surface area is 173 Å². The summed E-state index contributed by atoms with van der Waals surface area (Å²) >= 11 is 0. The molecule has 30 heavy (non-hydrogen) atoms. The summed E-state index contributed by atoms with van der Waals surface area (Å²) in [6.45, 7) is 1.63. The van der Waals surface area contributed by atoms with Crippen LogP contribution in [-0.4, -0.2) is 44.1 Å². The van der Waals surface area contributed by atoms with Gasteiger partial charge in [-0.25, -0.2) is 8.42 Å². The van der Waals surface area contributed by atoms with Gasteiger partial charge in [-0.2, -0.15) is 5.10 Å². The van der Waals surface area contributed by atoms with Crippen LogP contribution in [0.15, 0.2) is 59.8 Å². The number of fused-ring (bicyclic) bond motifs is 2. The van der Waals surface area contributed by atoms with E-state index in [2.05, 4.69) is 9.82 Å². The first-order chi connectivity index (χ1) is 14.6. The van der Waals surface area contributed by atoms with E-state index in [1.807, 2.05) is 24.3 Å². The minimum absolute atomic E-state index is 0.0834. The van der Waals surface area contributed by atoms with Crippen LogP contribution in [0, 0.1) is 0 Å². The molecule has 2 aliphatic rings. The fourth-order valence-corrected chi connectivity index (χ4v) is 4.33. The van der Waals surface area contributed by atoms with Gasteiger partial charge in [0.2, 0.25) is 0 Å². The summed E-state index contributed by atoms with van der Waals surface area (Å²) in [4.78, 5) is 0.0834. The summed E-state index contributed by atoms with van der Waals surface area (Å²) in [5.41, 5.74) is 0.349. The SMILES string of the molecule is O=S(=O)(Nc1cnn(CC2COc3ccccc3O2)c1)c1ccc2c(c1)OCCO2. The molecule has 1 aromatic heterocycles. The van der Waals surface area contributed by atoms with Gasteiger partial charge in [0.15, 0.2) is 29.1 Å². The van der Waals surface area contributed by atoms with E-state index < -0.39 is 10.0 Å². The van der Waals surface area contributed by atoms with Crippen molar-refractivity contribution < 1.29 is 27.4 Å². The van der Waals surface area contributed by atoms with Crippen molar-refractivity contribution >= 4 is 15.7 Å². The van der Waals surface area contributed by atoms with Crippen LogP contribution in [0.4, 0.5) is 5.69 Å². The summed E-state index contributed by atoms with van der Waals surface area (Å²) in [6.07, 6.45) is 2.83. The number of benzene rings is 2. The molecule has 0 saturated carbocycles. The Hall–Kier alpha value is -3.40. The Morgan fingerprint density at radius 3 is 2.63 bits per heavy atom. The van der Waals surface area contributed by atoms with Crippen LogP contribution in [0.1, 0.15) is 0 Å². The van der Waals surface area contributed by atoms with Crippen LogP contribution in [0.2, 0.25) is 0 Å². The molecule has 0 fully saturated rings. The summed E-state index contributed by atoms with van der Waals surface area (Å²) in [5, 5.41) is 4.22. The van der Waals surface area contributed by atoms with E-state index in [1.165, 1.54) is 18.3 Å². The third-order valence-electron chi connectivity index (χ3n) is 4.67. The minimum Gasteiger partial charge on any atom is -0.486 e. The fourth-order valence-electron chi connectivity index (χ4n) is 3.28. The van der Waals surface area contributed by atoms with E-state index in [0.717, 1.165) is 0 Å². The van der Waals surface area contributed by atoms with Gasteiger partial charge in [0.05, 0.1) is 23.3 Å². The van der Waals surface area contributed by atoms with Crippen molar-refractivity contribution in [3.05, 3.63) is 54.9 Å². The average Bonchev–Trinajstić information content (AvgIpc) is 3.19. The van der Waals surface area contributed by atoms with Gasteiger partial charge in [0.25, 0.3) is 10.0 Å². The second-order valence-corrected chi connectivity index (χ2v) is 8.54. The number of ether oxygens (including phenoxy) is 4. The molecule has 0 bridgehead atoms.